The molecule has 1 unspecified atom stereocenters. The zero-order valence-electron chi connectivity index (χ0n) is 10.7. The van der Waals surface area contributed by atoms with Crippen LogP contribution in [0.2, 0.25) is 0 Å². The van der Waals surface area contributed by atoms with Gasteiger partial charge in [-0.25, -0.2) is 4.79 Å². The summed E-state index contributed by atoms with van der Waals surface area (Å²) in [5.41, 5.74) is 0.875. The zero-order chi connectivity index (χ0) is 14.2. The lowest BCUT2D eigenvalue weighted by Crippen LogP contribution is -2.38. The summed E-state index contributed by atoms with van der Waals surface area (Å²) in [6.45, 7) is 0.432. The van der Waals surface area contributed by atoms with Crippen molar-refractivity contribution in [2.75, 3.05) is 20.0 Å². The Bertz CT molecular complexity index is 446. The van der Waals surface area contributed by atoms with Crippen molar-refractivity contribution >= 4 is 14.4 Å². The van der Waals surface area contributed by atoms with Crippen LogP contribution in [-0.2, 0) is 34.4 Å². The number of carbonyl (C=O) groups excluding carboxylic acids is 1. The van der Waals surface area contributed by atoms with Gasteiger partial charge in [0, 0.05) is 0 Å². The molecule has 0 amide bonds. The van der Waals surface area contributed by atoms with Crippen LogP contribution in [0.4, 0.5) is 4.79 Å². The van der Waals surface area contributed by atoms with Gasteiger partial charge in [-0.1, -0.05) is 30.3 Å². The van der Waals surface area contributed by atoms with E-state index in [-0.39, 0.29) is 12.7 Å². The Kier molecular flexibility index (Phi) is 6.01. The quantitative estimate of drug-likeness (QED) is 0.433. The first-order chi connectivity index (χ1) is 9.74. The molecule has 7 nitrogen and oxygen atoms in total. The predicted molar refractivity (Wildman–Crippen MR) is 68.4 cm³/mol. The molecule has 1 aliphatic heterocycles. The summed E-state index contributed by atoms with van der Waals surface area (Å²) < 4.78 is 35.3. The molecule has 0 spiro atoms. The number of carbonyl (C=O) groups is 1. The van der Waals surface area contributed by atoms with Gasteiger partial charge in [0.05, 0.1) is 19.8 Å². The summed E-state index contributed by atoms with van der Waals surface area (Å²) in [7, 11) is -2.71. The second-order valence-corrected chi connectivity index (χ2v) is 5.04. The van der Waals surface area contributed by atoms with Crippen molar-refractivity contribution < 1.29 is 32.6 Å². The van der Waals surface area contributed by atoms with Gasteiger partial charge < -0.3 is 18.7 Å². The largest absolute Gasteiger partial charge is 0.510 e. The number of ether oxygens (including phenoxy) is 3. The topological polar surface area (TPSA) is 80.3 Å². The highest BCUT2D eigenvalue weighted by Gasteiger charge is 2.23. The molecule has 0 aliphatic carbocycles. The van der Waals surface area contributed by atoms with Gasteiger partial charge in [-0.3, -0.25) is 9.09 Å². The van der Waals surface area contributed by atoms with E-state index in [0.717, 1.165) is 5.56 Å². The second kappa shape index (κ2) is 8.01. The second-order valence-electron chi connectivity index (χ2n) is 3.96. The molecule has 1 atom stereocenters. The molecule has 1 saturated heterocycles. The van der Waals surface area contributed by atoms with E-state index in [0.29, 0.717) is 13.2 Å². The van der Waals surface area contributed by atoms with Crippen molar-refractivity contribution in [2.45, 2.75) is 12.7 Å². The minimum absolute atomic E-state index is 0.169. The molecule has 1 aromatic rings. The zero-order valence-corrected chi connectivity index (χ0v) is 11.7. The van der Waals surface area contributed by atoms with E-state index in [2.05, 4.69) is 4.74 Å². The molecule has 0 bridgehead atoms. The molecule has 1 aromatic carbocycles. The van der Waals surface area contributed by atoms with Crippen LogP contribution in [-0.4, -0.2) is 32.3 Å². The minimum atomic E-state index is -2.71. The molecule has 20 heavy (non-hydrogen) atoms. The molecule has 0 N–H and O–H groups in total. The summed E-state index contributed by atoms with van der Waals surface area (Å²) in [6.07, 6.45) is -1.15. The normalized spacial score (nSPS) is 16.2. The maximum absolute atomic E-state index is 11.4. The Morgan fingerprint density at radius 2 is 2.00 bits per heavy atom. The van der Waals surface area contributed by atoms with E-state index < -0.39 is 21.2 Å². The molecule has 2 rings (SSSR count). The minimum Gasteiger partial charge on any atom is -0.426 e. The van der Waals surface area contributed by atoms with Gasteiger partial charge >= 0.3 is 14.4 Å². The maximum Gasteiger partial charge on any atom is 0.510 e. The summed E-state index contributed by atoms with van der Waals surface area (Å²) in [5, 5.41) is 0. The molecular weight excluding hydrogens is 287 g/mol. The SMILES string of the molecule is O=C(OCO[PH](=O)OCc1ccccc1)OC1COC1. The summed E-state index contributed by atoms with van der Waals surface area (Å²) >= 11 is 0. The molecule has 110 valence electrons. The van der Waals surface area contributed by atoms with E-state index in [1.165, 1.54) is 0 Å². The van der Waals surface area contributed by atoms with Crippen LogP contribution in [0.25, 0.3) is 0 Å². The molecular formula is C12H15O7P. The van der Waals surface area contributed by atoms with Crippen molar-refractivity contribution in [3.8, 4) is 0 Å². The van der Waals surface area contributed by atoms with Crippen LogP contribution in [0.3, 0.4) is 0 Å². The van der Waals surface area contributed by atoms with Crippen molar-refractivity contribution in [1.82, 2.24) is 0 Å². The number of hydrogen-bond acceptors (Lipinski definition) is 7. The first-order valence-corrected chi connectivity index (χ1v) is 7.21. The molecule has 0 saturated carbocycles. The molecule has 1 aliphatic rings. The van der Waals surface area contributed by atoms with Gasteiger partial charge in [-0.15, -0.1) is 0 Å². The third-order valence-electron chi connectivity index (χ3n) is 2.42. The lowest BCUT2D eigenvalue weighted by molar-refractivity contribution is -0.119. The molecule has 0 aromatic heterocycles. The van der Waals surface area contributed by atoms with E-state index in [4.69, 9.17) is 18.5 Å². The fourth-order valence-corrected chi connectivity index (χ4v) is 1.86. The van der Waals surface area contributed by atoms with Crippen LogP contribution in [0.5, 0.6) is 0 Å². The highest BCUT2D eigenvalue weighted by molar-refractivity contribution is 7.33. The van der Waals surface area contributed by atoms with Crippen molar-refractivity contribution in [3.63, 3.8) is 0 Å². The van der Waals surface area contributed by atoms with Crippen LogP contribution in [0.15, 0.2) is 30.3 Å². The van der Waals surface area contributed by atoms with E-state index in [9.17, 15) is 9.36 Å². The van der Waals surface area contributed by atoms with Gasteiger partial charge in [-0.2, -0.15) is 0 Å². The monoisotopic (exact) mass is 302 g/mol. The van der Waals surface area contributed by atoms with E-state index in [1.807, 2.05) is 30.3 Å². The van der Waals surface area contributed by atoms with Gasteiger partial charge in [-0.05, 0) is 5.56 Å². The summed E-state index contributed by atoms with van der Waals surface area (Å²) in [5.74, 6) is 0. The average Bonchev–Trinajstić information content (AvgIpc) is 2.42. The van der Waals surface area contributed by atoms with Crippen LogP contribution < -0.4 is 0 Å². The Labute approximate surface area is 116 Å². The van der Waals surface area contributed by atoms with Crippen LogP contribution >= 0.6 is 8.25 Å². The molecule has 1 fully saturated rings. The third-order valence-corrected chi connectivity index (χ3v) is 3.16. The Hall–Kier alpha value is -1.40. The first-order valence-electron chi connectivity index (χ1n) is 5.98. The molecule has 1 heterocycles. The summed E-state index contributed by atoms with van der Waals surface area (Å²) in [4.78, 5) is 11.1. The van der Waals surface area contributed by atoms with Gasteiger partial charge in [0.25, 0.3) is 0 Å². The fraction of sp³-hybridized carbons (Fsp3) is 0.417. The fourth-order valence-electron chi connectivity index (χ4n) is 1.34. The Morgan fingerprint density at radius 3 is 2.65 bits per heavy atom. The first kappa shape index (κ1) is 15.0. The molecule has 0 radical (unpaired) electrons. The number of rotatable bonds is 7. The van der Waals surface area contributed by atoms with Crippen molar-refractivity contribution in [1.29, 1.82) is 0 Å². The predicted octanol–water partition coefficient (Wildman–Crippen LogP) is 2.12. The van der Waals surface area contributed by atoms with Gasteiger partial charge in [0.2, 0.25) is 6.79 Å². The number of benzene rings is 1. The number of hydrogen-bond donors (Lipinski definition) is 0. The third kappa shape index (κ3) is 5.30. The molecule has 8 heteroatoms. The highest BCUT2D eigenvalue weighted by atomic mass is 31.1. The Morgan fingerprint density at radius 1 is 1.25 bits per heavy atom. The average molecular weight is 302 g/mol. The van der Waals surface area contributed by atoms with E-state index in [1.54, 1.807) is 0 Å². The lowest BCUT2D eigenvalue weighted by atomic mass is 10.2. The van der Waals surface area contributed by atoms with Crippen molar-refractivity contribution in [3.05, 3.63) is 35.9 Å². The lowest BCUT2D eigenvalue weighted by Gasteiger charge is -2.24. The van der Waals surface area contributed by atoms with Gasteiger partial charge in [0.1, 0.15) is 0 Å². The van der Waals surface area contributed by atoms with E-state index >= 15 is 0 Å². The van der Waals surface area contributed by atoms with Crippen molar-refractivity contribution in [2.24, 2.45) is 0 Å². The Balaban J connectivity index is 1.54. The maximum atomic E-state index is 11.4. The van der Waals surface area contributed by atoms with Crippen LogP contribution in [0, 0.1) is 0 Å². The smallest absolute Gasteiger partial charge is 0.426 e. The van der Waals surface area contributed by atoms with Gasteiger partial charge in [0.15, 0.2) is 6.10 Å². The standard InChI is InChI=1S/C12H15O7P/c13-12(19-11-7-15-8-11)16-9-18-20(14)17-6-10-4-2-1-3-5-10/h1-5,11,20H,6-9H2. The van der Waals surface area contributed by atoms with Crippen LogP contribution in [0.1, 0.15) is 5.56 Å². The highest BCUT2D eigenvalue weighted by Crippen LogP contribution is 2.25. The summed E-state index contributed by atoms with van der Waals surface area (Å²) in [6, 6.07) is 9.24.